The average Bonchev–Trinajstić information content (AvgIpc) is 3.05. The number of aliphatic hydroxyl groups excluding tert-OH is 2. The number of esters is 2. The first kappa shape index (κ1) is 44.9. The predicted octanol–water partition coefficient (Wildman–Crippen LogP) is 8.21. The van der Waals surface area contributed by atoms with Gasteiger partial charge in [0.25, 0.3) is 0 Å². The molecule has 0 rings (SSSR count). The zero-order valence-corrected chi connectivity index (χ0v) is 29.9. The van der Waals surface area contributed by atoms with Gasteiger partial charge >= 0.3 is 19.8 Å². The maximum atomic E-state index is 12.2. The lowest BCUT2D eigenvalue weighted by Crippen LogP contribution is -2.28. The van der Waals surface area contributed by atoms with Gasteiger partial charge in [-0.05, 0) is 51.4 Å². The molecule has 0 aromatic carbocycles. The van der Waals surface area contributed by atoms with Gasteiger partial charge in [0, 0.05) is 12.8 Å². The van der Waals surface area contributed by atoms with Crippen LogP contribution in [0.5, 0.6) is 0 Å². The van der Waals surface area contributed by atoms with Crippen LogP contribution in [0.4, 0.5) is 0 Å². The van der Waals surface area contributed by atoms with Gasteiger partial charge < -0.3 is 24.6 Å². The van der Waals surface area contributed by atoms with Gasteiger partial charge in [-0.25, -0.2) is 4.57 Å². The Morgan fingerprint density at radius 3 is 1.45 bits per heavy atom. The fraction of sp³-hybridized carbons (Fsp3) is 0.722. The molecule has 47 heavy (non-hydrogen) atoms. The van der Waals surface area contributed by atoms with Gasteiger partial charge in [0.2, 0.25) is 0 Å². The standard InChI is InChI=1S/C36H63O10P/c1-3-5-7-9-10-11-12-13-14-15-16-17-18-19-20-21-22-24-26-28-36(40)46-34(30-38)32-44-47(41,42)43-31-33(29-37)45-35(39)27-25-23-8-6-4-2/h5,7,10-11,13-14,16-17,33-34,37-38H,3-4,6,8-9,12,15,18-32H2,1-2H3,(H,41,42)/b7-5-,11-10-,14-13-,17-16-. The van der Waals surface area contributed by atoms with Crippen molar-refractivity contribution < 1.29 is 47.8 Å². The average molecular weight is 687 g/mol. The number of unbranched alkanes of at least 4 members (excludes halogenated alkanes) is 10. The van der Waals surface area contributed by atoms with Crippen LogP contribution < -0.4 is 0 Å². The highest BCUT2D eigenvalue weighted by Gasteiger charge is 2.27. The quantitative estimate of drug-likeness (QED) is 0.0274. The zero-order chi connectivity index (χ0) is 34.9. The summed E-state index contributed by atoms with van der Waals surface area (Å²) < 4.78 is 32.2. The van der Waals surface area contributed by atoms with Crippen molar-refractivity contribution in [2.45, 2.75) is 142 Å². The molecule has 0 aromatic rings. The number of ether oxygens (including phenoxy) is 2. The van der Waals surface area contributed by atoms with Crippen molar-refractivity contribution >= 4 is 19.8 Å². The van der Waals surface area contributed by atoms with Crippen LogP contribution in [0, 0.1) is 0 Å². The van der Waals surface area contributed by atoms with Crippen LogP contribution in [0.25, 0.3) is 0 Å². The summed E-state index contributed by atoms with van der Waals surface area (Å²) in [6.07, 6.45) is 31.4. The Bertz CT molecular complexity index is 931. The van der Waals surface area contributed by atoms with Gasteiger partial charge in [-0.3, -0.25) is 18.6 Å². The first-order valence-electron chi connectivity index (χ1n) is 17.6. The van der Waals surface area contributed by atoms with Crippen molar-refractivity contribution in [2.24, 2.45) is 0 Å². The van der Waals surface area contributed by atoms with Crippen molar-refractivity contribution in [3.8, 4) is 0 Å². The first-order chi connectivity index (χ1) is 22.8. The monoisotopic (exact) mass is 686 g/mol. The second-order valence-corrected chi connectivity index (χ2v) is 12.9. The third-order valence-corrected chi connectivity index (χ3v) is 8.01. The first-order valence-corrected chi connectivity index (χ1v) is 19.1. The van der Waals surface area contributed by atoms with Crippen LogP contribution in [0.1, 0.15) is 129 Å². The van der Waals surface area contributed by atoms with Crippen LogP contribution >= 0.6 is 7.82 Å². The normalized spacial score (nSPS) is 14.7. The van der Waals surface area contributed by atoms with Crippen LogP contribution in [0.3, 0.4) is 0 Å². The van der Waals surface area contributed by atoms with E-state index in [0.29, 0.717) is 12.8 Å². The molecule has 0 fully saturated rings. The molecule has 10 nitrogen and oxygen atoms in total. The lowest BCUT2D eigenvalue weighted by Gasteiger charge is -2.20. The molecule has 272 valence electrons. The lowest BCUT2D eigenvalue weighted by atomic mass is 10.1. The Morgan fingerprint density at radius 1 is 0.596 bits per heavy atom. The number of hydrogen-bond acceptors (Lipinski definition) is 9. The predicted molar refractivity (Wildman–Crippen MR) is 187 cm³/mol. The van der Waals surface area contributed by atoms with E-state index in [1.807, 2.05) is 0 Å². The maximum absolute atomic E-state index is 12.2. The van der Waals surface area contributed by atoms with Gasteiger partial charge in [-0.15, -0.1) is 0 Å². The van der Waals surface area contributed by atoms with Crippen molar-refractivity contribution in [3.05, 3.63) is 48.6 Å². The molecule has 0 bridgehead atoms. The highest BCUT2D eigenvalue weighted by atomic mass is 31.2. The van der Waals surface area contributed by atoms with Crippen molar-refractivity contribution in [2.75, 3.05) is 26.4 Å². The molecule has 0 aliphatic rings. The summed E-state index contributed by atoms with van der Waals surface area (Å²) in [5, 5.41) is 18.9. The second-order valence-electron chi connectivity index (χ2n) is 11.5. The van der Waals surface area contributed by atoms with E-state index < -0.39 is 58.4 Å². The Balaban J connectivity index is 3.97. The molecule has 3 unspecified atom stereocenters. The maximum Gasteiger partial charge on any atom is 0.472 e. The van der Waals surface area contributed by atoms with Crippen LogP contribution in [-0.2, 0) is 32.7 Å². The summed E-state index contributed by atoms with van der Waals surface area (Å²) in [5.41, 5.74) is 0. The molecule has 0 amide bonds. The third kappa shape index (κ3) is 31.0. The summed E-state index contributed by atoms with van der Waals surface area (Å²) in [5.74, 6) is -1.05. The molecule has 3 atom stereocenters. The number of phosphoric acid groups is 1. The van der Waals surface area contributed by atoms with E-state index in [1.165, 1.54) is 0 Å². The largest absolute Gasteiger partial charge is 0.472 e. The topological polar surface area (TPSA) is 149 Å². The molecule has 0 heterocycles. The number of phosphoric ester groups is 1. The van der Waals surface area contributed by atoms with Crippen molar-refractivity contribution in [1.29, 1.82) is 0 Å². The third-order valence-electron chi connectivity index (χ3n) is 7.06. The molecule has 0 aliphatic carbocycles. The Morgan fingerprint density at radius 2 is 1.00 bits per heavy atom. The molecule has 3 N–H and O–H groups in total. The van der Waals surface area contributed by atoms with E-state index in [-0.39, 0.29) is 12.8 Å². The SMILES string of the molecule is CC/C=C\C/C=C\C/C=C\C/C=C\CCCCCCCCC(=O)OC(CO)COP(=O)(O)OCC(CO)OC(=O)CCCCCCC. The number of rotatable bonds is 32. The van der Waals surface area contributed by atoms with Crippen molar-refractivity contribution in [3.63, 3.8) is 0 Å². The minimum Gasteiger partial charge on any atom is -0.457 e. The highest BCUT2D eigenvalue weighted by molar-refractivity contribution is 7.47. The number of allylic oxidation sites excluding steroid dienone is 8. The summed E-state index contributed by atoms with van der Waals surface area (Å²) in [6.45, 7) is 1.93. The van der Waals surface area contributed by atoms with Crippen LogP contribution in [0.15, 0.2) is 48.6 Å². The van der Waals surface area contributed by atoms with E-state index >= 15 is 0 Å². The molecule has 0 saturated heterocycles. The van der Waals surface area contributed by atoms with Gasteiger partial charge in [0.05, 0.1) is 26.4 Å². The minimum atomic E-state index is -4.62. The Hall–Kier alpha value is -2.07. The number of carbonyl (C=O) groups is 2. The number of hydrogen-bond donors (Lipinski definition) is 3. The van der Waals surface area contributed by atoms with Crippen molar-refractivity contribution in [1.82, 2.24) is 0 Å². The summed E-state index contributed by atoms with van der Waals surface area (Å²) in [7, 11) is -4.62. The summed E-state index contributed by atoms with van der Waals surface area (Å²) >= 11 is 0. The molecule has 11 heteroatoms. The molecule has 0 spiro atoms. The van der Waals surface area contributed by atoms with E-state index in [9.17, 15) is 29.3 Å². The Labute approximate surface area is 283 Å². The smallest absolute Gasteiger partial charge is 0.457 e. The van der Waals surface area contributed by atoms with E-state index in [2.05, 4.69) is 62.5 Å². The molecule has 0 saturated carbocycles. The minimum absolute atomic E-state index is 0.174. The molecular formula is C36H63O10P. The van der Waals surface area contributed by atoms with Gasteiger partial charge in [-0.2, -0.15) is 0 Å². The fourth-order valence-electron chi connectivity index (χ4n) is 4.34. The summed E-state index contributed by atoms with van der Waals surface area (Å²) in [4.78, 5) is 34.0. The second kappa shape index (κ2) is 32.5. The lowest BCUT2D eigenvalue weighted by molar-refractivity contribution is -0.153. The number of aliphatic hydroxyl groups is 2. The van der Waals surface area contributed by atoms with E-state index in [0.717, 1.165) is 89.9 Å². The molecule has 0 aliphatic heterocycles. The van der Waals surface area contributed by atoms with Gasteiger partial charge in [0.15, 0.2) is 0 Å². The summed E-state index contributed by atoms with van der Waals surface area (Å²) in [6, 6.07) is 0. The highest BCUT2D eigenvalue weighted by Crippen LogP contribution is 2.43. The van der Waals surface area contributed by atoms with E-state index in [4.69, 9.17) is 18.5 Å². The molecular weight excluding hydrogens is 623 g/mol. The van der Waals surface area contributed by atoms with E-state index in [1.54, 1.807) is 0 Å². The molecule has 0 radical (unpaired) electrons. The van der Waals surface area contributed by atoms with Crippen LogP contribution in [0.2, 0.25) is 0 Å². The van der Waals surface area contributed by atoms with Gasteiger partial charge in [-0.1, -0.05) is 114 Å². The zero-order valence-electron chi connectivity index (χ0n) is 29.0. The number of carbonyl (C=O) groups excluding carboxylic acids is 2. The fourth-order valence-corrected chi connectivity index (χ4v) is 5.12. The van der Waals surface area contributed by atoms with Gasteiger partial charge in [0.1, 0.15) is 12.2 Å². The molecule has 0 aromatic heterocycles. The van der Waals surface area contributed by atoms with Crippen LogP contribution in [-0.4, -0.2) is 65.7 Å². The Kier molecular flexibility index (Phi) is 31.0.